The first-order valence-electron chi connectivity index (χ1n) is 28.1. The number of nitrogens with zero attached hydrogens (tertiary/aromatic N) is 2. The number of methoxy groups -OCH3 is 1. The van der Waals surface area contributed by atoms with Crippen LogP contribution in [0.1, 0.15) is 99.8 Å². The van der Waals surface area contributed by atoms with Crippen LogP contribution >= 0.6 is 23.1 Å². The molecule has 4 aliphatic heterocycles. The maximum Gasteiger partial charge on any atom is 0.311 e. The number of hydrogen-bond acceptors (Lipinski definition) is 18. The van der Waals surface area contributed by atoms with Crippen molar-refractivity contribution in [3.8, 4) is 21.6 Å². The van der Waals surface area contributed by atoms with E-state index in [1.54, 1.807) is 64.6 Å². The van der Waals surface area contributed by atoms with E-state index in [9.17, 15) is 35.1 Å². The number of cyclic esters (lactones) is 1. The zero-order valence-electron chi connectivity index (χ0n) is 48.8. The molecule has 7 rings (SSSR count). The molecule has 0 radical (unpaired) electrons. The third-order valence-electron chi connectivity index (χ3n) is 17.4. The van der Waals surface area contributed by atoms with Gasteiger partial charge in [0.1, 0.15) is 35.1 Å². The van der Waals surface area contributed by atoms with Gasteiger partial charge in [0.15, 0.2) is 12.6 Å². The van der Waals surface area contributed by atoms with Gasteiger partial charge in [-0.2, -0.15) is 0 Å². The van der Waals surface area contributed by atoms with Crippen LogP contribution in [0.4, 0.5) is 0 Å². The van der Waals surface area contributed by atoms with Gasteiger partial charge < -0.3 is 74.4 Å². The molecule has 19 heteroatoms. The van der Waals surface area contributed by atoms with Crippen LogP contribution in [0.5, 0.6) is 0 Å². The second-order valence-electron chi connectivity index (χ2n) is 23.8. The SMILES string of the molecule is CC[C@H]1OC(=O)[C@H](C)[C@@H](O[C@H]2C[C@@](C)(OC)[C@](O)(CNCCNC(=O)/C=C/c3cc4c(s3)-c3ccccc3Sc3ccccc3-4)[C@H](C)O2)[C@H](C)[C@@H](O[C@@H]2O[C@H](C)C[C@H](N(C)C)[C@H]2O)[C@](C)(O)C[C@@H](C)CN(C)[C@H](C)[C@@H](O)[C@]1(C)O. The number of carbonyl (C=O) groups excluding carboxylic acids is 2. The molecule has 18 atom stereocenters. The molecule has 1 amide bonds. The van der Waals surface area contributed by atoms with E-state index in [0.29, 0.717) is 19.5 Å². The predicted octanol–water partition coefficient (Wildman–Crippen LogP) is 6.55. The number of hydrogen-bond donors (Lipinski definition) is 7. The Morgan fingerprint density at radius 2 is 1.57 bits per heavy atom. The Hall–Kier alpha value is -3.35. The number of carbonyl (C=O) groups is 2. The van der Waals surface area contributed by atoms with Crippen molar-refractivity contribution in [3.05, 3.63) is 65.6 Å². The van der Waals surface area contributed by atoms with Crippen LogP contribution in [0, 0.1) is 17.8 Å². The standard InChI is InChI=1S/C60H90N4O13S2/c1-15-47-59(10,70)53(67)38(6)64(13)32-34(2)30-57(8,69)54(77-56-50(66)44(63(11)12)28-35(3)73-56)36(4)51(37(5)55(68)75-47)76-49-31-58(9,72-14)60(71,39(7)74-49)33-61-26-27-62-48(65)25-24-40-29-43-41-20-16-18-22-45(41)79-46-23-19-17-21-42(46)52(43)78-40/h16-25,29,34-39,44,47,49-51,53-54,56,61,66-67,69-71H,15,26-28,30-33H2,1-14H3,(H,62,65)/b25-24+/t34-,35-,36+,37-,38-,39+,44+,47-,49+,50-,51+,53-,54-,56+,57-,58-,59-,60+/m1/s1. The van der Waals surface area contributed by atoms with E-state index in [1.807, 2.05) is 63.9 Å². The highest BCUT2D eigenvalue weighted by Gasteiger charge is 2.58. The average molecular weight is 1140 g/mol. The minimum absolute atomic E-state index is 0.00512. The Kier molecular flexibility index (Phi) is 20.9. The molecular formula is C60H90N4O13S2. The molecule has 3 fully saturated rings. The molecule has 4 aliphatic rings. The first-order chi connectivity index (χ1) is 37.2. The van der Waals surface area contributed by atoms with Gasteiger partial charge in [-0.3, -0.25) is 9.59 Å². The largest absolute Gasteiger partial charge is 0.459 e. The van der Waals surface area contributed by atoms with Gasteiger partial charge in [0.25, 0.3) is 0 Å². The van der Waals surface area contributed by atoms with E-state index in [-0.39, 0.29) is 56.3 Å². The molecule has 7 N–H and O–H groups in total. The van der Waals surface area contributed by atoms with E-state index in [4.69, 9.17) is 28.4 Å². The van der Waals surface area contributed by atoms with Crippen LogP contribution in [0.25, 0.3) is 27.6 Å². The van der Waals surface area contributed by atoms with Crippen molar-refractivity contribution in [2.45, 2.75) is 195 Å². The molecule has 0 unspecified atom stereocenters. The van der Waals surface area contributed by atoms with Gasteiger partial charge in [-0.15, -0.1) is 11.3 Å². The Balaban J connectivity index is 1.08. The average Bonchev–Trinajstić information content (AvgIpc) is 3.99. The molecule has 3 saturated heterocycles. The highest BCUT2D eigenvalue weighted by atomic mass is 32.2. The maximum atomic E-state index is 14.6. The zero-order valence-corrected chi connectivity index (χ0v) is 50.4. The fourth-order valence-corrected chi connectivity index (χ4v) is 14.7. The fraction of sp³-hybridized carbons (Fsp3) is 0.667. The molecule has 2 aromatic carbocycles. The molecular weight excluding hydrogens is 1050 g/mol. The molecule has 0 spiro atoms. The molecule has 3 aromatic rings. The third kappa shape index (κ3) is 13.9. The molecule has 1 aromatic heterocycles. The lowest BCUT2D eigenvalue weighted by atomic mass is 9.75. The molecule has 0 saturated carbocycles. The lowest BCUT2D eigenvalue weighted by Gasteiger charge is -2.53. The Labute approximate surface area is 476 Å². The summed E-state index contributed by atoms with van der Waals surface area (Å²) in [6.07, 6.45) is -4.96. The topological polar surface area (TPSA) is 221 Å². The van der Waals surface area contributed by atoms with Crippen molar-refractivity contribution in [1.82, 2.24) is 20.4 Å². The smallest absolute Gasteiger partial charge is 0.311 e. The number of fused-ring (bicyclic) bond motifs is 5. The summed E-state index contributed by atoms with van der Waals surface area (Å²) in [4.78, 5) is 36.2. The normalized spacial score (nSPS) is 38.0. The second-order valence-corrected chi connectivity index (χ2v) is 26.0. The number of amides is 1. The second kappa shape index (κ2) is 26.1. The van der Waals surface area contributed by atoms with Gasteiger partial charge in [-0.1, -0.05) is 68.9 Å². The summed E-state index contributed by atoms with van der Waals surface area (Å²) < 4.78 is 39.0. The van der Waals surface area contributed by atoms with Crippen LogP contribution < -0.4 is 10.6 Å². The first kappa shape index (κ1) is 63.2. The van der Waals surface area contributed by atoms with Crippen molar-refractivity contribution in [3.63, 3.8) is 0 Å². The van der Waals surface area contributed by atoms with Crippen LogP contribution in [-0.2, 0) is 38.0 Å². The summed E-state index contributed by atoms with van der Waals surface area (Å²) >= 11 is 3.41. The predicted molar refractivity (Wildman–Crippen MR) is 307 cm³/mol. The number of aliphatic hydroxyl groups is 5. The maximum absolute atomic E-state index is 14.6. The van der Waals surface area contributed by atoms with Crippen molar-refractivity contribution >= 4 is 41.1 Å². The quantitative estimate of drug-likeness (QED) is 0.0404. The Morgan fingerprint density at radius 3 is 2.23 bits per heavy atom. The van der Waals surface area contributed by atoms with E-state index < -0.39 is 95.5 Å². The highest BCUT2D eigenvalue weighted by Crippen LogP contribution is 2.51. The summed E-state index contributed by atoms with van der Waals surface area (Å²) in [7, 11) is 7.10. The van der Waals surface area contributed by atoms with Gasteiger partial charge in [0.2, 0.25) is 5.91 Å². The summed E-state index contributed by atoms with van der Waals surface area (Å²) in [5, 5.41) is 67.1. The number of esters is 1. The molecule has 17 nitrogen and oxygen atoms in total. The van der Waals surface area contributed by atoms with Crippen molar-refractivity contribution in [1.29, 1.82) is 0 Å². The van der Waals surface area contributed by atoms with Gasteiger partial charge in [-0.05, 0) is 125 Å². The third-order valence-corrected chi connectivity index (χ3v) is 19.6. The lowest BCUT2D eigenvalue weighted by molar-refractivity contribution is -0.336. The monoisotopic (exact) mass is 1140 g/mol. The Bertz CT molecular complexity index is 2500. The first-order valence-corrected chi connectivity index (χ1v) is 29.7. The fourth-order valence-electron chi connectivity index (χ4n) is 12.4. The summed E-state index contributed by atoms with van der Waals surface area (Å²) in [5.74, 6) is -3.11. The minimum atomic E-state index is -1.86. The molecule has 0 bridgehead atoms. The van der Waals surface area contributed by atoms with Crippen LogP contribution in [0.15, 0.2) is 70.5 Å². The van der Waals surface area contributed by atoms with E-state index in [0.717, 1.165) is 20.9 Å². The van der Waals surface area contributed by atoms with E-state index in [1.165, 1.54) is 35.5 Å². The minimum Gasteiger partial charge on any atom is -0.459 e. The zero-order chi connectivity index (χ0) is 57.9. The van der Waals surface area contributed by atoms with Gasteiger partial charge in [0.05, 0.1) is 35.9 Å². The highest BCUT2D eigenvalue weighted by molar-refractivity contribution is 7.99. The lowest BCUT2D eigenvalue weighted by Crippen LogP contribution is -2.70. The number of thiophene rings is 1. The molecule has 5 heterocycles. The number of rotatable bonds is 14. The van der Waals surface area contributed by atoms with Gasteiger partial charge in [0, 0.05) is 94.5 Å². The Morgan fingerprint density at radius 1 is 0.911 bits per heavy atom. The molecule has 440 valence electrons. The summed E-state index contributed by atoms with van der Waals surface area (Å²) in [5.41, 5.74) is -2.93. The molecule has 79 heavy (non-hydrogen) atoms. The molecule has 0 aliphatic carbocycles. The van der Waals surface area contributed by atoms with Gasteiger partial charge >= 0.3 is 5.97 Å². The number of benzene rings is 2. The number of likely N-dealkylation sites (N-methyl/N-ethyl adjacent to an activating group) is 2. The van der Waals surface area contributed by atoms with Crippen LogP contribution in [-0.4, -0.2) is 191 Å². The van der Waals surface area contributed by atoms with Crippen molar-refractivity contribution in [2.24, 2.45) is 17.8 Å². The van der Waals surface area contributed by atoms with Crippen LogP contribution in [0.2, 0.25) is 0 Å². The number of aliphatic hydroxyl groups excluding tert-OH is 2. The van der Waals surface area contributed by atoms with E-state index in [2.05, 4.69) is 59.2 Å². The van der Waals surface area contributed by atoms with E-state index >= 15 is 0 Å². The summed E-state index contributed by atoms with van der Waals surface area (Å²) in [6, 6.07) is 18.0. The van der Waals surface area contributed by atoms with Crippen molar-refractivity contribution in [2.75, 3.05) is 54.4 Å². The number of nitrogens with one attached hydrogen (secondary N) is 2. The van der Waals surface area contributed by atoms with Crippen LogP contribution in [0.3, 0.4) is 0 Å². The van der Waals surface area contributed by atoms with Crippen molar-refractivity contribution < 1.29 is 63.5 Å². The van der Waals surface area contributed by atoms with Gasteiger partial charge in [-0.25, -0.2) is 0 Å². The number of ether oxygens (including phenoxy) is 6. The summed E-state index contributed by atoms with van der Waals surface area (Å²) in [6.45, 7) is 18.6.